The van der Waals surface area contributed by atoms with Gasteiger partial charge >= 0.3 is 6.18 Å². The Bertz CT molecular complexity index is 959. The maximum atomic E-state index is 13.5. The molecule has 1 atom stereocenters. The summed E-state index contributed by atoms with van der Waals surface area (Å²) in [6.07, 6.45) is -3.29. The summed E-state index contributed by atoms with van der Waals surface area (Å²) in [5.41, 5.74) is -1.38. The largest absolute Gasteiger partial charge is 0.418 e. The molecule has 0 aliphatic carbocycles. The van der Waals surface area contributed by atoms with Crippen molar-refractivity contribution >= 4 is 23.7 Å². The molecule has 4 nitrogen and oxygen atoms in total. The Labute approximate surface area is 160 Å². The number of hydrogen-bond donors (Lipinski definition) is 0. The lowest BCUT2D eigenvalue weighted by molar-refractivity contribution is -0.137. The molecule has 0 radical (unpaired) electrons. The Morgan fingerprint density at radius 1 is 0.964 bits per heavy atom. The number of carbonyl (C=O) groups is 2. The van der Waals surface area contributed by atoms with Crippen LogP contribution in [-0.2, 0) is 11.0 Å². The van der Waals surface area contributed by atoms with Crippen LogP contribution in [0, 0.1) is 0 Å². The Kier molecular flexibility index (Phi) is 4.87. The first-order valence-corrected chi connectivity index (χ1v) is 8.69. The quantitative estimate of drug-likeness (QED) is 0.546. The highest BCUT2D eigenvalue weighted by Crippen LogP contribution is 2.40. The van der Waals surface area contributed by atoms with E-state index < -0.39 is 40.7 Å². The molecule has 146 valence electrons. The molecular weight excluding hydrogens is 369 g/mol. The monoisotopic (exact) mass is 388 g/mol. The molecule has 0 N–H and O–H groups in total. The van der Waals surface area contributed by atoms with Crippen LogP contribution in [0.5, 0.6) is 0 Å². The highest BCUT2D eigenvalue weighted by Gasteiger charge is 2.43. The van der Waals surface area contributed by atoms with Crippen LogP contribution in [0.2, 0.25) is 0 Å². The van der Waals surface area contributed by atoms with Gasteiger partial charge in [0.05, 0.1) is 22.7 Å². The lowest BCUT2D eigenvalue weighted by Gasteiger charge is -2.32. The molecule has 0 spiro atoms. The Morgan fingerprint density at radius 2 is 1.57 bits per heavy atom. The third-order valence-electron chi connectivity index (χ3n) is 4.28. The molecule has 0 saturated carbocycles. The summed E-state index contributed by atoms with van der Waals surface area (Å²) in [4.78, 5) is 31.1. The number of fused-ring (bicyclic) bond motifs is 1. The summed E-state index contributed by atoms with van der Waals surface area (Å²) < 4.78 is 40.4. The summed E-state index contributed by atoms with van der Waals surface area (Å²) in [5, 5.41) is 0. The number of benzene rings is 2. The average molecular weight is 388 g/mol. The lowest BCUT2D eigenvalue weighted by Crippen LogP contribution is -2.46. The van der Waals surface area contributed by atoms with Crippen LogP contribution in [0.1, 0.15) is 48.2 Å². The zero-order chi connectivity index (χ0) is 20.7. The van der Waals surface area contributed by atoms with E-state index in [4.69, 9.17) is 0 Å². The first-order valence-electron chi connectivity index (χ1n) is 8.69. The number of halogens is 3. The maximum Gasteiger partial charge on any atom is 0.418 e. The third-order valence-corrected chi connectivity index (χ3v) is 4.28. The number of anilines is 1. The minimum Gasteiger partial charge on any atom is -0.291 e. The number of carbonyl (C=O) groups excluding carboxylic acids is 2. The van der Waals surface area contributed by atoms with Crippen LogP contribution in [0.3, 0.4) is 0 Å². The molecule has 0 bridgehead atoms. The van der Waals surface area contributed by atoms with Crippen LogP contribution >= 0.6 is 0 Å². The predicted octanol–water partition coefficient (Wildman–Crippen LogP) is 4.85. The van der Waals surface area contributed by atoms with Gasteiger partial charge in [-0.3, -0.25) is 14.6 Å². The van der Waals surface area contributed by atoms with Gasteiger partial charge in [-0.25, -0.2) is 4.90 Å². The van der Waals surface area contributed by atoms with Crippen molar-refractivity contribution in [2.75, 3.05) is 4.90 Å². The highest BCUT2D eigenvalue weighted by atomic mass is 19.4. The molecule has 2 amide bonds. The number of hydrogen-bond acceptors (Lipinski definition) is 3. The summed E-state index contributed by atoms with van der Waals surface area (Å²) in [7, 11) is 0. The fourth-order valence-electron chi connectivity index (χ4n) is 3.03. The van der Waals surface area contributed by atoms with Crippen LogP contribution in [-0.4, -0.2) is 23.6 Å². The molecule has 0 saturated heterocycles. The topological polar surface area (TPSA) is 49.7 Å². The van der Waals surface area contributed by atoms with Crippen LogP contribution in [0.25, 0.3) is 0 Å². The number of para-hydroxylation sites is 1. The van der Waals surface area contributed by atoms with Gasteiger partial charge < -0.3 is 0 Å². The number of rotatable bonds is 2. The maximum absolute atomic E-state index is 13.5. The highest BCUT2D eigenvalue weighted by molar-refractivity contribution is 6.29. The second-order valence-corrected chi connectivity index (χ2v) is 7.51. The minimum atomic E-state index is -4.71. The molecule has 1 aliphatic rings. The average Bonchev–Trinajstić information content (AvgIpc) is 2.60. The lowest BCUT2D eigenvalue weighted by atomic mass is 9.88. The van der Waals surface area contributed by atoms with E-state index in [0.29, 0.717) is 10.5 Å². The van der Waals surface area contributed by atoms with Crippen molar-refractivity contribution in [1.82, 2.24) is 0 Å². The van der Waals surface area contributed by atoms with Gasteiger partial charge in [-0.2, -0.15) is 13.2 Å². The van der Waals surface area contributed by atoms with Crippen molar-refractivity contribution in [3.63, 3.8) is 0 Å². The van der Waals surface area contributed by atoms with Crippen molar-refractivity contribution in [1.29, 1.82) is 0 Å². The number of amides is 2. The van der Waals surface area contributed by atoms with E-state index in [-0.39, 0.29) is 5.56 Å². The smallest absolute Gasteiger partial charge is 0.291 e. The molecule has 1 heterocycles. The molecule has 0 aromatic heterocycles. The van der Waals surface area contributed by atoms with Gasteiger partial charge in [0.15, 0.2) is 0 Å². The van der Waals surface area contributed by atoms with Gasteiger partial charge in [0, 0.05) is 11.8 Å². The third kappa shape index (κ3) is 3.69. The van der Waals surface area contributed by atoms with Crippen molar-refractivity contribution < 1.29 is 22.8 Å². The van der Waals surface area contributed by atoms with Gasteiger partial charge in [-0.15, -0.1) is 0 Å². The normalized spacial score (nSPS) is 17.9. The van der Waals surface area contributed by atoms with Gasteiger partial charge in [0.2, 0.25) is 5.91 Å². The van der Waals surface area contributed by atoms with Gasteiger partial charge in [-0.1, -0.05) is 30.3 Å². The fraction of sp³-hybridized carbons (Fsp3) is 0.286. The first kappa shape index (κ1) is 19.8. The summed E-state index contributed by atoms with van der Waals surface area (Å²) in [6, 6.07) is 11.0. The molecule has 3 rings (SSSR count). The van der Waals surface area contributed by atoms with Crippen molar-refractivity contribution in [3.8, 4) is 0 Å². The molecular formula is C21H19F3N2O2. The van der Waals surface area contributed by atoms with Crippen molar-refractivity contribution in [3.05, 3.63) is 65.2 Å². The molecule has 7 heteroatoms. The van der Waals surface area contributed by atoms with Crippen LogP contribution in [0.15, 0.2) is 53.5 Å². The van der Waals surface area contributed by atoms with Crippen molar-refractivity contribution in [2.45, 2.75) is 38.4 Å². The van der Waals surface area contributed by atoms with E-state index in [9.17, 15) is 22.8 Å². The fourth-order valence-corrected chi connectivity index (χ4v) is 3.03. The number of alkyl halides is 3. The van der Waals surface area contributed by atoms with E-state index in [2.05, 4.69) is 4.99 Å². The summed E-state index contributed by atoms with van der Waals surface area (Å²) >= 11 is 0. The molecule has 0 fully saturated rings. The standard InChI is InChI=1S/C21H19F3N2O2/c1-20(2,3)25-12-15-13-8-4-5-9-14(13)18(27)26(19(15)28)17-11-7-6-10-16(17)21(22,23)24/h4-12,15H,1-3H3. The van der Waals surface area contributed by atoms with Gasteiger partial charge in [0.1, 0.15) is 0 Å². The molecule has 1 unspecified atom stereocenters. The molecule has 28 heavy (non-hydrogen) atoms. The molecule has 2 aromatic carbocycles. The van der Waals surface area contributed by atoms with E-state index in [0.717, 1.165) is 12.1 Å². The zero-order valence-corrected chi connectivity index (χ0v) is 15.6. The number of aliphatic imine (C=N–C) groups is 1. The van der Waals surface area contributed by atoms with E-state index >= 15 is 0 Å². The minimum absolute atomic E-state index is 0.185. The summed E-state index contributed by atoms with van der Waals surface area (Å²) in [6.45, 7) is 5.51. The molecule has 2 aromatic rings. The second kappa shape index (κ2) is 6.89. The van der Waals surface area contributed by atoms with E-state index in [1.54, 1.807) is 18.2 Å². The van der Waals surface area contributed by atoms with Crippen molar-refractivity contribution in [2.24, 2.45) is 4.99 Å². The number of nitrogens with zero attached hydrogens (tertiary/aromatic N) is 2. The van der Waals surface area contributed by atoms with Crippen LogP contribution in [0.4, 0.5) is 18.9 Å². The van der Waals surface area contributed by atoms with Gasteiger partial charge in [0.25, 0.3) is 5.91 Å². The Balaban J connectivity index is 2.19. The van der Waals surface area contributed by atoms with E-state index in [1.165, 1.54) is 24.4 Å². The summed E-state index contributed by atoms with van der Waals surface area (Å²) in [5.74, 6) is -2.49. The first-order chi connectivity index (χ1) is 13.0. The SMILES string of the molecule is CC(C)(C)N=CC1C(=O)N(c2ccccc2C(F)(F)F)C(=O)c2ccccc21. The Morgan fingerprint density at radius 3 is 2.21 bits per heavy atom. The van der Waals surface area contributed by atoms with Crippen LogP contribution < -0.4 is 4.90 Å². The van der Waals surface area contributed by atoms with Gasteiger partial charge in [-0.05, 0) is 44.5 Å². The number of imide groups is 1. The molecule has 1 aliphatic heterocycles. The predicted molar refractivity (Wildman–Crippen MR) is 101 cm³/mol. The second-order valence-electron chi connectivity index (χ2n) is 7.51. The van der Waals surface area contributed by atoms with E-state index in [1.807, 2.05) is 20.8 Å². The zero-order valence-electron chi connectivity index (χ0n) is 15.6. The Hall–Kier alpha value is -2.96.